The number of hydrogen-bond acceptors (Lipinski definition) is 3. The summed E-state index contributed by atoms with van der Waals surface area (Å²) in [6, 6.07) is 11.3. The third-order valence-corrected chi connectivity index (χ3v) is 3.92. The van der Waals surface area contributed by atoms with Crippen molar-refractivity contribution in [1.29, 1.82) is 0 Å². The van der Waals surface area contributed by atoms with Gasteiger partial charge in [0, 0.05) is 16.6 Å². The number of halogens is 1. The van der Waals surface area contributed by atoms with Crippen LogP contribution in [-0.2, 0) is 0 Å². The van der Waals surface area contributed by atoms with Gasteiger partial charge in [-0.2, -0.15) is 0 Å². The smallest absolute Gasteiger partial charge is 0.293 e. The number of hydrogen-bond donors (Lipinski definition) is 1. The Morgan fingerprint density at radius 2 is 1.90 bits per heavy atom. The number of nitro groups is 1. The van der Waals surface area contributed by atoms with E-state index >= 15 is 0 Å². The molecule has 5 heteroatoms. The van der Waals surface area contributed by atoms with Gasteiger partial charge in [0.25, 0.3) is 5.69 Å². The normalized spacial score (nSPS) is 12.0. The van der Waals surface area contributed by atoms with Crippen molar-refractivity contribution < 1.29 is 4.92 Å². The Bertz CT molecular complexity index is 686. The first-order valence-corrected chi connectivity index (χ1v) is 7.45. The maximum Gasteiger partial charge on any atom is 0.293 e. The first kappa shape index (κ1) is 15.5. The van der Waals surface area contributed by atoms with Gasteiger partial charge in [-0.05, 0) is 44.0 Å². The Kier molecular flexibility index (Phi) is 4.63. The van der Waals surface area contributed by atoms with Gasteiger partial charge in [0.2, 0.25) is 0 Å². The highest BCUT2D eigenvalue weighted by Gasteiger charge is 2.17. The monoisotopic (exact) mass is 348 g/mol. The molecule has 0 aromatic heterocycles. The van der Waals surface area contributed by atoms with Crippen LogP contribution in [0.2, 0.25) is 0 Å². The van der Waals surface area contributed by atoms with Crippen LogP contribution in [0.5, 0.6) is 0 Å². The molecule has 4 nitrogen and oxygen atoms in total. The van der Waals surface area contributed by atoms with E-state index < -0.39 is 0 Å². The van der Waals surface area contributed by atoms with Gasteiger partial charge in [0.1, 0.15) is 5.69 Å². The van der Waals surface area contributed by atoms with Gasteiger partial charge in [-0.25, -0.2) is 0 Å². The van der Waals surface area contributed by atoms with E-state index in [4.69, 9.17) is 0 Å². The summed E-state index contributed by atoms with van der Waals surface area (Å²) >= 11 is 3.26. The number of nitrogens with zero attached hydrogens (tertiary/aromatic N) is 1. The number of benzene rings is 2. The third-order valence-electron chi connectivity index (χ3n) is 3.43. The second kappa shape index (κ2) is 6.26. The minimum atomic E-state index is -0.372. The molecule has 0 saturated carbocycles. The van der Waals surface area contributed by atoms with Crippen molar-refractivity contribution in [2.24, 2.45) is 0 Å². The van der Waals surface area contributed by atoms with E-state index in [0.717, 1.165) is 5.56 Å². The van der Waals surface area contributed by atoms with Crippen LogP contribution >= 0.6 is 15.9 Å². The molecule has 0 aliphatic rings. The molecule has 0 aliphatic carbocycles. The number of nitro benzene ring substituents is 1. The van der Waals surface area contributed by atoms with Gasteiger partial charge in [0.05, 0.1) is 4.92 Å². The summed E-state index contributed by atoms with van der Waals surface area (Å²) in [7, 11) is 0. The second-order valence-electron chi connectivity index (χ2n) is 5.14. The number of anilines is 1. The van der Waals surface area contributed by atoms with E-state index in [2.05, 4.69) is 39.4 Å². The van der Waals surface area contributed by atoms with Crippen molar-refractivity contribution in [1.82, 2.24) is 0 Å². The summed E-state index contributed by atoms with van der Waals surface area (Å²) in [6.45, 7) is 6.09. The molecule has 2 aromatic carbocycles. The van der Waals surface area contributed by atoms with Crippen LogP contribution in [-0.4, -0.2) is 4.92 Å². The molecule has 0 heterocycles. The van der Waals surface area contributed by atoms with Gasteiger partial charge in [-0.3, -0.25) is 10.1 Å². The summed E-state index contributed by atoms with van der Waals surface area (Å²) in [5.41, 5.74) is 4.08. The summed E-state index contributed by atoms with van der Waals surface area (Å²) in [6.07, 6.45) is 0. The predicted molar refractivity (Wildman–Crippen MR) is 88.8 cm³/mol. The molecule has 0 amide bonds. The van der Waals surface area contributed by atoms with E-state index in [-0.39, 0.29) is 16.7 Å². The molecule has 0 bridgehead atoms. The molecule has 1 atom stereocenters. The van der Waals surface area contributed by atoms with Gasteiger partial charge in [0.15, 0.2) is 0 Å². The Balaban J connectivity index is 2.33. The van der Waals surface area contributed by atoms with Crippen molar-refractivity contribution in [3.8, 4) is 0 Å². The molecule has 0 aliphatic heterocycles. The van der Waals surface area contributed by atoms with Crippen LogP contribution in [0.1, 0.15) is 29.7 Å². The quantitative estimate of drug-likeness (QED) is 0.614. The molecule has 110 valence electrons. The minimum absolute atomic E-state index is 0.00947. The van der Waals surface area contributed by atoms with Crippen LogP contribution in [0.15, 0.2) is 40.9 Å². The Labute approximate surface area is 132 Å². The Morgan fingerprint density at radius 3 is 2.57 bits per heavy atom. The highest BCUT2D eigenvalue weighted by Crippen LogP contribution is 2.31. The number of rotatable bonds is 4. The Morgan fingerprint density at radius 1 is 1.19 bits per heavy atom. The SMILES string of the molecule is Cc1ccc(C)c(C(C)Nc2ccc(Br)cc2[N+](=O)[O-])c1. The van der Waals surface area contributed by atoms with Crippen molar-refractivity contribution in [2.45, 2.75) is 26.8 Å². The molecule has 0 spiro atoms. The average molecular weight is 349 g/mol. The van der Waals surface area contributed by atoms with Gasteiger partial charge in [-0.15, -0.1) is 0 Å². The highest BCUT2D eigenvalue weighted by atomic mass is 79.9. The van der Waals surface area contributed by atoms with E-state index in [1.165, 1.54) is 17.2 Å². The molecule has 2 rings (SSSR count). The Hall–Kier alpha value is -1.88. The maximum atomic E-state index is 11.2. The zero-order valence-electron chi connectivity index (χ0n) is 12.2. The second-order valence-corrected chi connectivity index (χ2v) is 6.06. The van der Waals surface area contributed by atoms with Gasteiger partial charge < -0.3 is 5.32 Å². The lowest BCUT2D eigenvalue weighted by Gasteiger charge is -2.18. The van der Waals surface area contributed by atoms with Crippen LogP contribution in [0.4, 0.5) is 11.4 Å². The predicted octanol–water partition coefficient (Wildman–Crippen LogP) is 5.15. The highest BCUT2D eigenvalue weighted by molar-refractivity contribution is 9.10. The average Bonchev–Trinajstić information content (AvgIpc) is 2.43. The molecular weight excluding hydrogens is 332 g/mol. The molecule has 0 saturated heterocycles. The van der Waals surface area contributed by atoms with Crippen LogP contribution in [0, 0.1) is 24.0 Å². The zero-order chi connectivity index (χ0) is 15.6. The molecular formula is C16H17BrN2O2. The molecule has 1 N–H and O–H groups in total. The number of aryl methyl sites for hydroxylation is 2. The van der Waals surface area contributed by atoms with E-state index in [9.17, 15) is 10.1 Å². The summed E-state index contributed by atoms with van der Waals surface area (Å²) in [5.74, 6) is 0. The van der Waals surface area contributed by atoms with Gasteiger partial charge in [-0.1, -0.05) is 39.7 Å². The topological polar surface area (TPSA) is 55.2 Å². The van der Waals surface area contributed by atoms with E-state index in [1.54, 1.807) is 12.1 Å². The van der Waals surface area contributed by atoms with Crippen molar-refractivity contribution in [2.75, 3.05) is 5.32 Å². The van der Waals surface area contributed by atoms with Crippen molar-refractivity contribution in [3.63, 3.8) is 0 Å². The van der Waals surface area contributed by atoms with Crippen LogP contribution < -0.4 is 5.32 Å². The minimum Gasteiger partial charge on any atom is -0.373 e. The van der Waals surface area contributed by atoms with Crippen molar-refractivity contribution in [3.05, 3.63) is 67.7 Å². The van der Waals surface area contributed by atoms with Crippen LogP contribution in [0.3, 0.4) is 0 Å². The first-order valence-electron chi connectivity index (χ1n) is 6.66. The van der Waals surface area contributed by atoms with Gasteiger partial charge >= 0.3 is 0 Å². The molecule has 21 heavy (non-hydrogen) atoms. The largest absolute Gasteiger partial charge is 0.373 e. The van der Waals surface area contributed by atoms with E-state index in [0.29, 0.717) is 10.2 Å². The molecule has 0 fully saturated rings. The zero-order valence-corrected chi connectivity index (χ0v) is 13.8. The lowest BCUT2D eigenvalue weighted by atomic mass is 10.00. The summed E-state index contributed by atoms with van der Waals surface area (Å²) in [5, 5.41) is 14.4. The lowest BCUT2D eigenvalue weighted by molar-refractivity contribution is -0.384. The molecule has 0 radical (unpaired) electrons. The fourth-order valence-corrected chi connectivity index (χ4v) is 2.66. The number of nitrogens with one attached hydrogen (secondary N) is 1. The maximum absolute atomic E-state index is 11.2. The standard InChI is InChI=1S/C16H17BrN2O2/c1-10-4-5-11(2)14(8-10)12(3)18-15-7-6-13(17)9-16(15)19(20)21/h4-9,12,18H,1-3H3. The fourth-order valence-electron chi connectivity index (χ4n) is 2.32. The molecule has 1 unspecified atom stereocenters. The lowest BCUT2D eigenvalue weighted by Crippen LogP contribution is -2.10. The summed E-state index contributed by atoms with van der Waals surface area (Å²) < 4.78 is 0.694. The molecule has 2 aromatic rings. The first-order chi connectivity index (χ1) is 9.88. The van der Waals surface area contributed by atoms with Crippen molar-refractivity contribution >= 4 is 27.3 Å². The van der Waals surface area contributed by atoms with E-state index in [1.807, 2.05) is 20.8 Å². The fraction of sp³-hybridized carbons (Fsp3) is 0.250. The third kappa shape index (κ3) is 3.61. The van der Waals surface area contributed by atoms with Crippen LogP contribution in [0.25, 0.3) is 0 Å². The summed E-state index contributed by atoms with van der Waals surface area (Å²) in [4.78, 5) is 10.8.